The molecule has 0 spiro atoms. The third-order valence-electron chi connectivity index (χ3n) is 1.52. The normalized spacial score (nSPS) is 13.0. The van der Waals surface area contributed by atoms with E-state index in [4.69, 9.17) is 5.11 Å². The fourth-order valence-corrected chi connectivity index (χ4v) is 0.745. The maximum Gasteiger partial charge on any atom is 0.109 e. The van der Waals surface area contributed by atoms with Crippen LogP contribution in [0.15, 0.2) is 30.3 Å². The van der Waals surface area contributed by atoms with Crippen molar-refractivity contribution in [2.45, 2.75) is 13.8 Å². The van der Waals surface area contributed by atoms with E-state index < -0.39 is 0 Å². The third kappa shape index (κ3) is 1.21. The highest BCUT2D eigenvalue weighted by Crippen LogP contribution is 2.06. The molecule has 54 valence electrons. The van der Waals surface area contributed by atoms with Crippen molar-refractivity contribution in [3.8, 4) is 0 Å². The number of hydrogen-bond acceptors (Lipinski definition) is 1. The lowest BCUT2D eigenvalue weighted by atomic mass is 10.4. The van der Waals surface area contributed by atoms with Crippen molar-refractivity contribution >= 4 is 5.70 Å². The van der Waals surface area contributed by atoms with Crippen LogP contribution < -0.4 is 0 Å². The standard InChI is InChI=1S/C8H11NO/c1-7(8(2)10)9-5-3-4-6-9/h3-6,10H,1-2H3/b8-7-. The Labute approximate surface area is 60.4 Å². The second-order valence-corrected chi connectivity index (χ2v) is 2.26. The first kappa shape index (κ1) is 6.93. The Morgan fingerprint density at radius 1 is 1.20 bits per heavy atom. The van der Waals surface area contributed by atoms with Gasteiger partial charge in [-0.15, -0.1) is 0 Å². The molecule has 0 saturated carbocycles. The molecule has 0 aliphatic rings. The zero-order chi connectivity index (χ0) is 7.56. The second-order valence-electron chi connectivity index (χ2n) is 2.26. The van der Waals surface area contributed by atoms with Crippen molar-refractivity contribution in [1.29, 1.82) is 0 Å². The van der Waals surface area contributed by atoms with Gasteiger partial charge in [0, 0.05) is 12.4 Å². The molecule has 0 unspecified atom stereocenters. The van der Waals surface area contributed by atoms with Crippen molar-refractivity contribution in [2.24, 2.45) is 0 Å². The number of aliphatic hydroxyl groups is 1. The molecule has 0 atom stereocenters. The first-order valence-corrected chi connectivity index (χ1v) is 3.21. The van der Waals surface area contributed by atoms with Gasteiger partial charge in [-0.05, 0) is 26.0 Å². The Bertz CT molecular complexity index is 230. The highest BCUT2D eigenvalue weighted by atomic mass is 16.3. The first-order valence-electron chi connectivity index (χ1n) is 3.21. The van der Waals surface area contributed by atoms with E-state index in [1.807, 2.05) is 36.0 Å². The van der Waals surface area contributed by atoms with Crippen molar-refractivity contribution in [1.82, 2.24) is 4.57 Å². The molecular formula is C8H11NO. The molecule has 1 N–H and O–H groups in total. The molecule has 0 fully saturated rings. The summed E-state index contributed by atoms with van der Waals surface area (Å²) in [5.41, 5.74) is 0.866. The summed E-state index contributed by atoms with van der Waals surface area (Å²) < 4.78 is 1.87. The predicted octanol–water partition coefficient (Wildman–Crippen LogP) is 2.25. The van der Waals surface area contributed by atoms with Gasteiger partial charge in [-0.2, -0.15) is 0 Å². The van der Waals surface area contributed by atoms with E-state index in [2.05, 4.69) is 0 Å². The summed E-state index contributed by atoms with van der Waals surface area (Å²) in [6, 6.07) is 3.85. The Hall–Kier alpha value is -1.18. The maximum atomic E-state index is 9.05. The monoisotopic (exact) mass is 137 g/mol. The Morgan fingerprint density at radius 2 is 1.70 bits per heavy atom. The molecule has 0 aliphatic heterocycles. The summed E-state index contributed by atoms with van der Waals surface area (Å²) >= 11 is 0. The number of allylic oxidation sites excluding steroid dienone is 2. The number of aliphatic hydroxyl groups excluding tert-OH is 1. The topological polar surface area (TPSA) is 25.2 Å². The van der Waals surface area contributed by atoms with Gasteiger partial charge >= 0.3 is 0 Å². The van der Waals surface area contributed by atoms with E-state index in [1.165, 1.54) is 0 Å². The van der Waals surface area contributed by atoms with Gasteiger partial charge in [-0.25, -0.2) is 0 Å². The molecular weight excluding hydrogens is 126 g/mol. The second kappa shape index (κ2) is 2.60. The zero-order valence-corrected chi connectivity index (χ0v) is 6.20. The van der Waals surface area contributed by atoms with Crippen molar-refractivity contribution in [3.05, 3.63) is 30.3 Å². The first-order chi connectivity index (χ1) is 4.72. The van der Waals surface area contributed by atoms with Crippen LogP contribution in [0.3, 0.4) is 0 Å². The fourth-order valence-electron chi connectivity index (χ4n) is 0.745. The van der Waals surface area contributed by atoms with Crippen LogP contribution >= 0.6 is 0 Å². The quantitative estimate of drug-likeness (QED) is 0.590. The van der Waals surface area contributed by atoms with E-state index in [9.17, 15) is 0 Å². The van der Waals surface area contributed by atoms with Crippen molar-refractivity contribution < 1.29 is 5.11 Å². The molecule has 0 aliphatic carbocycles. The molecule has 0 aromatic carbocycles. The molecule has 2 heteroatoms. The van der Waals surface area contributed by atoms with Crippen LogP contribution in [0.2, 0.25) is 0 Å². The summed E-state index contributed by atoms with van der Waals surface area (Å²) in [7, 11) is 0. The van der Waals surface area contributed by atoms with Crippen molar-refractivity contribution in [2.75, 3.05) is 0 Å². The van der Waals surface area contributed by atoms with E-state index in [0.717, 1.165) is 5.70 Å². The molecule has 1 rings (SSSR count). The molecule has 1 aromatic rings. The predicted molar refractivity (Wildman–Crippen MR) is 41.6 cm³/mol. The third-order valence-corrected chi connectivity index (χ3v) is 1.52. The largest absolute Gasteiger partial charge is 0.511 e. The minimum atomic E-state index is 0.358. The molecule has 0 saturated heterocycles. The van der Waals surface area contributed by atoms with Gasteiger partial charge in [0.05, 0.1) is 5.70 Å². The number of rotatable bonds is 1. The molecule has 1 aromatic heterocycles. The van der Waals surface area contributed by atoms with Gasteiger partial charge in [0.15, 0.2) is 0 Å². The number of hydrogen-bond donors (Lipinski definition) is 1. The number of nitrogens with zero attached hydrogens (tertiary/aromatic N) is 1. The van der Waals surface area contributed by atoms with Gasteiger partial charge in [-0.1, -0.05) is 0 Å². The smallest absolute Gasteiger partial charge is 0.109 e. The average Bonchev–Trinajstić information content (AvgIpc) is 2.36. The Kier molecular flexibility index (Phi) is 1.81. The molecule has 0 amide bonds. The minimum absolute atomic E-state index is 0.358. The van der Waals surface area contributed by atoms with Gasteiger partial charge in [-0.3, -0.25) is 0 Å². The van der Waals surface area contributed by atoms with Crippen LogP contribution in [0.1, 0.15) is 13.8 Å². The van der Waals surface area contributed by atoms with E-state index >= 15 is 0 Å². The average molecular weight is 137 g/mol. The minimum Gasteiger partial charge on any atom is -0.511 e. The Balaban J connectivity index is 2.99. The number of aromatic nitrogens is 1. The highest BCUT2D eigenvalue weighted by Gasteiger charge is 1.93. The Morgan fingerprint density at radius 3 is 2.10 bits per heavy atom. The lowest BCUT2D eigenvalue weighted by Gasteiger charge is -2.02. The van der Waals surface area contributed by atoms with Crippen molar-refractivity contribution in [3.63, 3.8) is 0 Å². The van der Waals surface area contributed by atoms with Gasteiger partial charge in [0.2, 0.25) is 0 Å². The lowest BCUT2D eigenvalue weighted by Crippen LogP contribution is -1.91. The van der Waals surface area contributed by atoms with E-state index in [1.54, 1.807) is 6.92 Å². The van der Waals surface area contributed by atoms with Crippen LogP contribution in [0.4, 0.5) is 0 Å². The summed E-state index contributed by atoms with van der Waals surface area (Å²) in [5.74, 6) is 0.358. The summed E-state index contributed by atoms with van der Waals surface area (Å²) in [4.78, 5) is 0. The zero-order valence-electron chi connectivity index (χ0n) is 6.20. The van der Waals surface area contributed by atoms with Crippen LogP contribution in [-0.4, -0.2) is 9.67 Å². The molecule has 1 heterocycles. The summed E-state index contributed by atoms with van der Waals surface area (Å²) in [6.07, 6.45) is 3.80. The van der Waals surface area contributed by atoms with E-state index in [-0.39, 0.29) is 0 Å². The SMILES string of the molecule is C/C(O)=C(\C)n1cccc1. The van der Waals surface area contributed by atoms with E-state index in [0.29, 0.717) is 5.76 Å². The fraction of sp³-hybridized carbons (Fsp3) is 0.250. The van der Waals surface area contributed by atoms with Crippen LogP contribution in [-0.2, 0) is 0 Å². The summed E-state index contributed by atoms with van der Waals surface area (Å²) in [6.45, 7) is 3.55. The molecule has 2 nitrogen and oxygen atoms in total. The highest BCUT2D eigenvalue weighted by molar-refractivity contribution is 5.44. The van der Waals surface area contributed by atoms with Gasteiger partial charge in [0.25, 0.3) is 0 Å². The van der Waals surface area contributed by atoms with Gasteiger partial charge in [0.1, 0.15) is 5.76 Å². The molecule has 0 radical (unpaired) electrons. The molecule has 10 heavy (non-hydrogen) atoms. The lowest BCUT2D eigenvalue weighted by molar-refractivity contribution is 0.413. The summed E-state index contributed by atoms with van der Waals surface area (Å²) in [5, 5.41) is 9.05. The van der Waals surface area contributed by atoms with Gasteiger partial charge < -0.3 is 9.67 Å². The van der Waals surface area contributed by atoms with Crippen LogP contribution in [0, 0.1) is 0 Å². The van der Waals surface area contributed by atoms with Crippen LogP contribution in [0.5, 0.6) is 0 Å². The molecule has 0 bridgehead atoms. The maximum absolute atomic E-state index is 9.05. The van der Waals surface area contributed by atoms with Crippen LogP contribution in [0.25, 0.3) is 5.70 Å².